The molecule has 1 aromatic carbocycles. The Kier molecular flexibility index (Phi) is 5.98. The molecule has 21 heavy (non-hydrogen) atoms. The first-order chi connectivity index (χ1) is 9.37. The second-order valence-electron chi connectivity index (χ2n) is 4.95. The Morgan fingerprint density at radius 2 is 1.90 bits per heavy atom. The zero-order valence-corrected chi connectivity index (χ0v) is 13.6. The maximum absolute atomic E-state index is 14.0. The lowest BCUT2D eigenvalue weighted by atomic mass is 10.1. The van der Waals surface area contributed by atoms with Crippen LogP contribution in [-0.4, -0.2) is 39.0 Å². The quantitative estimate of drug-likeness (QED) is 0.910. The summed E-state index contributed by atoms with van der Waals surface area (Å²) in [6.45, 7) is 2.19. The highest BCUT2D eigenvalue weighted by Gasteiger charge is 2.30. The van der Waals surface area contributed by atoms with Crippen LogP contribution in [-0.2, 0) is 10.0 Å². The van der Waals surface area contributed by atoms with Crippen molar-refractivity contribution in [2.45, 2.75) is 30.7 Å². The normalized spacial score (nSPS) is 17.3. The number of ether oxygens (including phenoxy) is 1. The van der Waals surface area contributed by atoms with Crippen LogP contribution in [0.5, 0.6) is 5.75 Å². The van der Waals surface area contributed by atoms with Crippen molar-refractivity contribution in [3.05, 3.63) is 23.5 Å². The van der Waals surface area contributed by atoms with E-state index in [-0.39, 0.29) is 34.7 Å². The van der Waals surface area contributed by atoms with Gasteiger partial charge in [-0.2, -0.15) is 4.31 Å². The summed E-state index contributed by atoms with van der Waals surface area (Å²) in [6.07, 6.45) is 1.24. The second-order valence-corrected chi connectivity index (χ2v) is 6.85. The molecule has 0 amide bonds. The Morgan fingerprint density at radius 1 is 1.33 bits per heavy atom. The summed E-state index contributed by atoms with van der Waals surface area (Å²) in [5, 5.41) is 0. The van der Waals surface area contributed by atoms with Gasteiger partial charge in [-0.1, -0.05) is 0 Å². The number of halogens is 2. The fourth-order valence-electron chi connectivity index (χ4n) is 2.33. The molecule has 1 fully saturated rings. The zero-order valence-electron chi connectivity index (χ0n) is 12.0. The number of piperidine rings is 1. The summed E-state index contributed by atoms with van der Waals surface area (Å²) < 4.78 is 45.3. The van der Waals surface area contributed by atoms with Crippen LogP contribution in [0.25, 0.3) is 0 Å². The van der Waals surface area contributed by atoms with E-state index in [2.05, 4.69) is 0 Å². The molecule has 0 spiro atoms. The summed E-state index contributed by atoms with van der Waals surface area (Å²) in [6, 6.07) is 2.77. The van der Waals surface area contributed by atoms with Crippen LogP contribution in [0, 0.1) is 12.7 Å². The lowest BCUT2D eigenvalue weighted by Gasteiger charge is -2.29. The molecule has 0 aliphatic carbocycles. The molecule has 0 saturated carbocycles. The standard InChI is InChI=1S/C13H19FN2O3S.ClH/c1-9-12(4-3-11(19-2)13(9)14)20(17,18)16-7-5-10(15)6-8-16;/h3-4,10H,5-8,15H2,1-2H3;1H. The number of rotatable bonds is 3. The summed E-state index contributed by atoms with van der Waals surface area (Å²) in [4.78, 5) is -0.00808. The van der Waals surface area contributed by atoms with E-state index in [9.17, 15) is 12.8 Å². The molecule has 8 heteroatoms. The number of benzene rings is 1. The first kappa shape index (κ1) is 18.2. The number of hydrogen-bond donors (Lipinski definition) is 1. The molecule has 2 rings (SSSR count). The van der Waals surface area contributed by atoms with Crippen LogP contribution < -0.4 is 10.5 Å². The average molecular weight is 339 g/mol. The number of nitrogens with two attached hydrogens (primary N) is 1. The highest BCUT2D eigenvalue weighted by molar-refractivity contribution is 7.89. The van der Waals surface area contributed by atoms with E-state index in [1.807, 2.05) is 0 Å². The third-order valence-corrected chi connectivity index (χ3v) is 5.68. The van der Waals surface area contributed by atoms with Gasteiger partial charge in [-0.25, -0.2) is 12.8 Å². The van der Waals surface area contributed by atoms with Crippen molar-refractivity contribution in [2.75, 3.05) is 20.2 Å². The van der Waals surface area contributed by atoms with Crippen LogP contribution in [0.4, 0.5) is 4.39 Å². The molecular weight excluding hydrogens is 319 g/mol. The van der Waals surface area contributed by atoms with Crippen LogP contribution in [0.15, 0.2) is 17.0 Å². The molecule has 1 heterocycles. The molecule has 120 valence electrons. The molecule has 1 saturated heterocycles. The maximum Gasteiger partial charge on any atom is 0.243 e. The minimum Gasteiger partial charge on any atom is -0.494 e. The van der Waals surface area contributed by atoms with E-state index in [0.717, 1.165) is 0 Å². The molecule has 1 aliphatic heterocycles. The van der Waals surface area contributed by atoms with Crippen molar-refractivity contribution < 1.29 is 17.5 Å². The predicted octanol–water partition coefficient (Wildman–Crippen LogP) is 1.68. The predicted molar refractivity (Wildman–Crippen MR) is 80.9 cm³/mol. The van der Waals surface area contributed by atoms with Crippen LogP contribution >= 0.6 is 12.4 Å². The van der Waals surface area contributed by atoms with Crippen LogP contribution in [0.2, 0.25) is 0 Å². The largest absolute Gasteiger partial charge is 0.494 e. The van der Waals surface area contributed by atoms with Gasteiger partial charge in [0.25, 0.3) is 0 Å². The van der Waals surface area contributed by atoms with Crippen molar-refractivity contribution in [2.24, 2.45) is 5.73 Å². The topological polar surface area (TPSA) is 72.6 Å². The van der Waals surface area contributed by atoms with Crippen LogP contribution in [0.1, 0.15) is 18.4 Å². The fraction of sp³-hybridized carbons (Fsp3) is 0.538. The lowest BCUT2D eigenvalue weighted by molar-refractivity contribution is 0.319. The van der Waals surface area contributed by atoms with Crippen molar-refractivity contribution in [1.29, 1.82) is 0 Å². The molecular formula is C13H20ClFN2O3S. The van der Waals surface area contributed by atoms with Crippen molar-refractivity contribution in [1.82, 2.24) is 4.31 Å². The monoisotopic (exact) mass is 338 g/mol. The molecule has 0 bridgehead atoms. The number of sulfonamides is 1. The molecule has 2 N–H and O–H groups in total. The minimum atomic E-state index is -3.68. The Balaban J connectivity index is 0.00000220. The van der Waals surface area contributed by atoms with Crippen molar-refractivity contribution in [3.63, 3.8) is 0 Å². The first-order valence-corrected chi connectivity index (χ1v) is 7.90. The van der Waals surface area contributed by atoms with E-state index in [1.165, 1.54) is 30.5 Å². The van der Waals surface area contributed by atoms with E-state index >= 15 is 0 Å². The van der Waals surface area contributed by atoms with Gasteiger partial charge in [-0.3, -0.25) is 0 Å². The van der Waals surface area contributed by atoms with E-state index in [1.54, 1.807) is 0 Å². The van der Waals surface area contributed by atoms with Gasteiger partial charge in [-0.15, -0.1) is 12.4 Å². The van der Waals surface area contributed by atoms with Gasteiger partial charge in [0.1, 0.15) is 0 Å². The van der Waals surface area contributed by atoms with Gasteiger partial charge in [0.2, 0.25) is 10.0 Å². The molecule has 1 aromatic rings. The van der Waals surface area contributed by atoms with E-state index < -0.39 is 15.8 Å². The van der Waals surface area contributed by atoms with Gasteiger partial charge >= 0.3 is 0 Å². The highest BCUT2D eigenvalue weighted by atomic mass is 35.5. The minimum absolute atomic E-state index is 0. The first-order valence-electron chi connectivity index (χ1n) is 6.46. The van der Waals surface area contributed by atoms with Gasteiger partial charge in [0.05, 0.1) is 12.0 Å². The number of nitrogens with zero attached hydrogens (tertiary/aromatic N) is 1. The van der Waals surface area contributed by atoms with E-state index in [0.29, 0.717) is 25.9 Å². The van der Waals surface area contributed by atoms with Gasteiger partial charge < -0.3 is 10.5 Å². The fourth-order valence-corrected chi connectivity index (χ4v) is 4.02. The lowest BCUT2D eigenvalue weighted by Crippen LogP contribution is -2.42. The maximum atomic E-state index is 14.0. The zero-order chi connectivity index (χ0) is 14.9. The summed E-state index contributed by atoms with van der Waals surface area (Å²) in [5.74, 6) is -0.593. The Bertz CT molecular complexity index is 602. The Labute approximate surface area is 130 Å². The highest BCUT2D eigenvalue weighted by Crippen LogP contribution is 2.29. The molecule has 1 aliphatic rings. The third kappa shape index (κ3) is 3.48. The van der Waals surface area contributed by atoms with Gasteiger partial charge in [-0.05, 0) is 31.9 Å². The van der Waals surface area contributed by atoms with Crippen LogP contribution in [0.3, 0.4) is 0 Å². The van der Waals surface area contributed by atoms with Crippen molar-refractivity contribution >= 4 is 22.4 Å². The smallest absolute Gasteiger partial charge is 0.243 e. The molecule has 5 nitrogen and oxygen atoms in total. The molecule has 0 radical (unpaired) electrons. The summed E-state index contributed by atoms with van der Waals surface area (Å²) >= 11 is 0. The molecule has 0 aromatic heterocycles. The average Bonchev–Trinajstić information content (AvgIpc) is 2.42. The Morgan fingerprint density at radius 3 is 2.43 bits per heavy atom. The third-order valence-electron chi connectivity index (χ3n) is 3.64. The molecule has 0 atom stereocenters. The summed E-state index contributed by atoms with van der Waals surface area (Å²) in [7, 11) is -2.34. The SMILES string of the molecule is COc1ccc(S(=O)(=O)N2CCC(N)CC2)c(C)c1F.Cl. The second kappa shape index (κ2) is 6.91. The van der Waals surface area contributed by atoms with Gasteiger partial charge in [0.15, 0.2) is 11.6 Å². The molecule has 0 unspecified atom stereocenters. The Hall–Kier alpha value is -0.890. The number of methoxy groups -OCH3 is 1. The van der Waals surface area contributed by atoms with Crippen molar-refractivity contribution in [3.8, 4) is 5.75 Å². The van der Waals surface area contributed by atoms with Gasteiger partial charge in [0, 0.05) is 24.7 Å². The van der Waals surface area contributed by atoms with E-state index in [4.69, 9.17) is 10.5 Å². The number of hydrogen-bond acceptors (Lipinski definition) is 4. The summed E-state index contributed by atoms with van der Waals surface area (Å²) in [5.41, 5.74) is 5.86.